The van der Waals surface area contributed by atoms with Gasteiger partial charge in [0, 0.05) is 12.2 Å². The van der Waals surface area contributed by atoms with Gasteiger partial charge in [-0.15, -0.1) is 0 Å². The molecule has 0 saturated carbocycles. The molecule has 2 nitrogen and oxygen atoms in total. The Morgan fingerprint density at radius 1 is 1.14 bits per heavy atom. The van der Waals surface area contributed by atoms with Crippen molar-refractivity contribution in [3.05, 3.63) is 30.3 Å². The van der Waals surface area contributed by atoms with Crippen molar-refractivity contribution in [2.24, 2.45) is 5.92 Å². The van der Waals surface area contributed by atoms with Gasteiger partial charge in [0.15, 0.2) is 0 Å². The number of benzene rings is 1. The first-order valence-electron chi connectivity index (χ1n) is 5.32. The van der Waals surface area contributed by atoms with Crippen LogP contribution in [0.25, 0.3) is 0 Å². The summed E-state index contributed by atoms with van der Waals surface area (Å²) in [6, 6.07) is 10.3. The van der Waals surface area contributed by atoms with Gasteiger partial charge in [-0.25, -0.2) is 0 Å². The van der Waals surface area contributed by atoms with Crippen molar-refractivity contribution in [2.45, 2.75) is 13.8 Å². The molecule has 0 saturated heterocycles. The molecule has 1 aromatic rings. The van der Waals surface area contributed by atoms with E-state index >= 15 is 0 Å². The van der Waals surface area contributed by atoms with Crippen LogP contribution in [0.5, 0.6) is 0 Å². The van der Waals surface area contributed by atoms with Crippen LogP contribution in [0.15, 0.2) is 30.3 Å². The Morgan fingerprint density at radius 3 is 2.50 bits per heavy atom. The maximum Gasteiger partial charge on any atom is 0.0340 e. The minimum Gasteiger partial charge on any atom is -0.385 e. The summed E-state index contributed by atoms with van der Waals surface area (Å²) in [5, 5.41) is 6.76. The van der Waals surface area contributed by atoms with Gasteiger partial charge in [0.25, 0.3) is 0 Å². The van der Waals surface area contributed by atoms with Crippen LogP contribution in [-0.4, -0.2) is 19.6 Å². The second kappa shape index (κ2) is 6.44. The molecule has 0 aliphatic carbocycles. The van der Waals surface area contributed by atoms with Gasteiger partial charge in [0.1, 0.15) is 0 Å². The standard InChI is InChI=1S/C12H20N2/c1-3-13-9-11(2)10-14-12-7-5-4-6-8-12/h4-8,11,13-14H,3,9-10H2,1-2H3. The molecule has 0 bridgehead atoms. The maximum absolute atomic E-state index is 3.41. The minimum atomic E-state index is 0.662. The van der Waals surface area contributed by atoms with Crippen molar-refractivity contribution < 1.29 is 0 Å². The van der Waals surface area contributed by atoms with Gasteiger partial charge in [-0.3, -0.25) is 0 Å². The fraction of sp³-hybridized carbons (Fsp3) is 0.500. The number of hydrogen-bond acceptors (Lipinski definition) is 2. The summed E-state index contributed by atoms with van der Waals surface area (Å²) in [4.78, 5) is 0. The van der Waals surface area contributed by atoms with E-state index in [-0.39, 0.29) is 0 Å². The molecule has 0 fully saturated rings. The Bertz CT molecular complexity index is 233. The van der Waals surface area contributed by atoms with E-state index < -0.39 is 0 Å². The van der Waals surface area contributed by atoms with Crippen LogP contribution in [0, 0.1) is 5.92 Å². The van der Waals surface area contributed by atoms with Gasteiger partial charge >= 0.3 is 0 Å². The van der Waals surface area contributed by atoms with Crippen molar-refractivity contribution >= 4 is 5.69 Å². The fourth-order valence-corrected chi connectivity index (χ4v) is 1.31. The molecule has 0 radical (unpaired) electrons. The summed E-state index contributed by atoms with van der Waals surface area (Å²) in [5.74, 6) is 0.662. The highest BCUT2D eigenvalue weighted by Crippen LogP contribution is 2.05. The molecule has 1 rings (SSSR count). The summed E-state index contributed by atoms with van der Waals surface area (Å²) in [6.07, 6.45) is 0. The molecule has 2 N–H and O–H groups in total. The predicted octanol–water partition coefficient (Wildman–Crippen LogP) is 2.34. The lowest BCUT2D eigenvalue weighted by atomic mass is 10.2. The molecule has 1 atom stereocenters. The van der Waals surface area contributed by atoms with E-state index in [1.807, 2.05) is 6.07 Å². The van der Waals surface area contributed by atoms with Crippen LogP contribution in [0.4, 0.5) is 5.69 Å². The molecule has 0 aromatic heterocycles. The number of nitrogens with one attached hydrogen (secondary N) is 2. The molecule has 0 aliphatic rings. The van der Waals surface area contributed by atoms with Crippen LogP contribution in [-0.2, 0) is 0 Å². The molecule has 1 aromatic carbocycles. The highest BCUT2D eigenvalue weighted by atomic mass is 14.9. The SMILES string of the molecule is CCNCC(C)CNc1ccccc1. The summed E-state index contributed by atoms with van der Waals surface area (Å²) < 4.78 is 0. The number of para-hydroxylation sites is 1. The Hall–Kier alpha value is -1.02. The quantitative estimate of drug-likeness (QED) is 0.723. The van der Waals surface area contributed by atoms with E-state index in [2.05, 4.69) is 48.7 Å². The third kappa shape index (κ3) is 4.28. The first-order valence-corrected chi connectivity index (χ1v) is 5.32. The van der Waals surface area contributed by atoms with Gasteiger partial charge in [-0.2, -0.15) is 0 Å². The Kier molecular flexibility index (Phi) is 5.08. The van der Waals surface area contributed by atoms with E-state index in [0.717, 1.165) is 19.6 Å². The molecule has 14 heavy (non-hydrogen) atoms. The summed E-state index contributed by atoms with van der Waals surface area (Å²) >= 11 is 0. The van der Waals surface area contributed by atoms with Gasteiger partial charge in [0.05, 0.1) is 0 Å². The number of hydrogen-bond donors (Lipinski definition) is 2. The van der Waals surface area contributed by atoms with Gasteiger partial charge in [-0.05, 0) is 31.1 Å². The van der Waals surface area contributed by atoms with Crippen molar-refractivity contribution in [1.82, 2.24) is 5.32 Å². The second-order valence-corrected chi connectivity index (χ2v) is 3.66. The maximum atomic E-state index is 3.41. The number of anilines is 1. The smallest absolute Gasteiger partial charge is 0.0340 e. The Labute approximate surface area is 86.7 Å². The largest absolute Gasteiger partial charge is 0.385 e. The average molecular weight is 192 g/mol. The van der Waals surface area contributed by atoms with Crippen molar-refractivity contribution in [2.75, 3.05) is 25.0 Å². The monoisotopic (exact) mass is 192 g/mol. The van der Waals surface area contributed by atoms with Crippen LogP contribution in [0.3, 0.4) is 0 Å². The van der Waals surface area contributed by atoms with E-state index in [1.165, 1.54) is 5.69 Å². The van der Waals surface area contributed by atoms with Gasteiger partial charge in [0.2, 0.25) is 0 Å². The highest BCUT2D eigenvalue weighted by molar-refractivity contribution is 5.42. The van der Waals surface area contributed by atoms with Gasteiger partial charge < -0.3 is 10.6 Å². The minimum absolute atomic E-state index is 0.662. The van der Waals surface area contributed by atoms with Gasteiger partial charge in [-0.1, -0.05) is 32.0 Å². The highest BCUT2D eigenvalue weighted by Gasteiger charge is 1.99. The molecule has 1 unspecified atom stereocenters. The molecular formula is C12H20N2. The Balaban J connectivity index is 2.20. The fourth-order valence-electron chi connectivity index (χ4n) is 1.31. The predicted molar refractivity (Wildman–Crippen MR) is 62.6 cm³/mol. The molecule has 0 amide bonds. The van der Waals surface area contributed by atoms with Crippen molar-refractivity contribution in [1.29, 1.82) is 0 Å². The van der Waals surface area contributed by atoms with Crippen LogP contribution < -0.4 is 10.6 Å². The van der Waals surface area contributed by atoms with Crippen LogP contribution in [0.1, 0.15) is 13.8 Å². The lowest BCUT2D eigenvalue weighted by Crippen LogP contribution is -2.25. The summed E-state index contributed by atoms with van der Waals surface area (Å²) in [7, 11) is 0. The second-order valence-electron chi connectivity index (χ2n) is 3.66. The molecule has 0 heterocycles. The summed E-state index contributed by atoms with van der Waals surface area (Å²) in [6.45, 7) is 7.54. The van der Waals surface area contributed by atoms with Crippen LogP contribution in [0.2, 0.25) is 0 Å². The lowest BCUT2D eigenvalue weighted by Gasteiger charge is -2.13. The third-order valence-electron chi connectivity index (χ3n) is 2.17. The zero-order valence-corrected chi connectivity index (χ0v) is 9.09. The number of rotatable bonds is 6. The molecule has 0 aliphatic heterocycles. The molecule has 2 heteroatoms. The lowest BCUT2D eigenvalue weighted by molar-refractivity contribution is 0.545. The van der Waals surface area contributed by atoms with Crippen molar-refractivity contribution in [3.8, 4) is 0 Å². The zero-order valence-electron chi connectivity index (χ0n) is 9.09. The molecular weight excluding hydrogens is 172 g/mol. The average Bonchev–Trinajstić information content (AvgIpc) is 2.25. The van der Waals surface area contributed by atoms with E-state index in [1.54, 1.807) is 0 Å². The normalized spacial score (nSPS) is 12.4. The topological polar surface area (TPSA) is 24.1 Å². The molecule has 78 valence electrons. The van der Waals surface area contributed by atoms with E-state index in [0.29, 0.717) is 5.92 Å². The molecule has 0 spiro atoms. The third-order valence-corrected chi connectivity index (χ3v) is 2.17. The first-order chi connectivity index (χ1) is 6.83. The first kappa shape index (κ1) is 11.1. The Morgan fingerprint density at radius 2 is 1.86 bits per heavy atom. The van der Waals surface area contributed by atoms with E-state index in [4.69, 9.17) is 0 Å². The van der Waals surface area contributed by atoms with Crippen LogP contribution >= 0.6 is 0 Å². The van der Waals surface area contributed by atoms with Crippen molar-refractivity contribution in [3.63, 3.8) is 0 Å². The zero-order chi connectivity index (χ0) is 10.2. The summed E-state index contributed by atoms with van der Waals surface area (Å²) in [5.41, 5.74) is 1.20. The van der Waals surface area contributed by atoms with E-state index in [9.17, 15) is 0 Å².